The molecule has 43 heavy (non-hydrogen) atoms. The molecule has 2 aliphatic heterocycles. The standard InChI is InChI=1S/C31H30ClFN4O5S/c1-31(2,3)42-30(38)36-29-19(11-34)25-18(5-7-22(33)28(25)43-29)24-21-15-39-14-20(21)17-6-8-23(35-27(17)26(24)32)41-13-16-12-37(4)9-10-40-16/h5-8,16H,9-10,12-15H2,1-4H3,(H,36,38)/t16-/m1/s1. The monoisotopic (exact) mass is 624 g/mol. The van der Waals surface area contributed by atoms with E-state index in [0.29, 0.717) is 59.4 Å². The Morgan fingerprint density at radius 1 is 1.28 bits per heavy atom. The lowest BCUT2D eigenvalue weighted by atomic mass is 9.91. The molecule has 0 unspecified atom stereocenters. The zero-order chi connectivity index (χ0) is 30.5. The minimum atomic E-state index is -0.751. The van der Waals surface area contributed by atoms with Crippen LogP contribution in [0.1, 0.15) is 37.5 Å². The largest absolute Gasteiger partial charge is 0.475 e. The van der Waals surface area contributed by atoms with Gasteiger partial charge in [-0.2, -0.15) is 5.26 Å². The fraction of sp³-hybridized carbons (Fsp3) is 0.387. The number of carbonyl (C=O) groups is 1. The molecular weight excluding hydrogens is 595 g/mol. The first-order chi connectivity index (χ1) is 20.5. The van der Waals surface area contributed by atoms with Gasteiger partial charge in [-0.1, -0.05) is 17.7 Å². The second-order valence-electron chi connectivity index (χ2n) is 11.6. The SMILES string of the molecule is CN1CCO[C@@H](COc2ccc3c4c(c(-c5ccc(F)c6sc(NC(=O)OC(C)(C)C)c(C#N)c56)c(Cl)c3n2)COC4)C1. The van der Waals surface area contributed by atoms with E-state index in [1.807, 2.05) is 13.1 Å². The van der Waals surface area contributed by atoms with Gasteiger partial charge in [0.15, 0.2) is 0 Å². The smallest absolute Gasteiger partial charge is 0.412 e. The van der Waals surface area contributed by atoms with E-state index >= 15 is 4.39 Å². The average Bonchev–Trinajstić information content (AvgIpc) is 3.57. The van der Waals surface area contributed by atoms with Crippen molar-refractivity contribution in [3.05, 3.63) is 51.8 Å². The summed E-state index contributed by atoms with van der Waals surface area (Å²) in [5, 5.41) is 14.5. The quantitative estimate of drug-likeness (QED) is 0.257. The summed E-state index contributed by atoms with van der Waals surface area (Å²) in [6.07, 6.45) is -0.813. The molecule has 12 heteroatoms. The van der Waals surface area contributed by atoms with Crippen molar-refractivity contribution in [1.29, 1.82) is 5.26 Å². The molecule has 2 aromatic carbocycles. The second-order valence-corrected chi connectivity index (χ2v) is 13.0. The van der Waals surface area contributed by atoms with Gasteiger partial charge in [0.05, 0.1) is 40.6 Å². The molecule has 1 atom stereocenters. The number of fused-ring (bicyclic) bond motifs is 4. The molecule has 0 bridgehead atoms. The third-order valence-electron chi connectivity index (χ3n) is 7.33. The van der Waals surface area contributed by atoms with Gasteiger partial charge in [-0.15, -0.1) is 11.3 Å². The zero-order valence-electron chi connectivity index (χ0n) is 24.2. The molecule has 1 N–H and O–H groups in total. The first kappa shape index (κ1) is 29.5. The maximum Gasteiger partial charge on any atom is 0.412 e. The highest BCUT2D eigenvalue weighted by Crippen LogP contribution is 2.48. The molecule has 4 heterocycles. The van der Waals surface area contributed by atoms with Crippen molar-refractivity contribution in [2.45, 2.75) is 45.7 Å². The van der Waals surface area contributed by atoms with Crippen LogP contribution in [0.5, 0.6) is 5.88 Å². The van der Waals surface area contributed by atoms with Crippen molar-refractivity contribution >= 4 is 55.0 Å². The number of nitriles is 1. The number of pyridine rings is 1. The fourth-order valence-corrected chi connectivity index (χ4v) is 6.90. The topological polar surface area (TPSA) is 106 Å². The Balaban J connectivity index is 1.46. The number of thiophene rings is 1. The van der Waals surface area contributed by atoms with Gasteiger partial charge in [0.2, 0.25) is 5.88 Å². The van der Waals surface area contributed by atoms with Crippen molar-refractivity contribution in [2.75, 3.05) is 38.7 Å². The number of benzene rings is 2. The zero-order valence-corrected chi connectivity index (χ0v) is 25.7. The predicted molar refractivity (Wildman–Crippen MR) is 163 cm³/mol. The van der Waals surface area contributed by atoms with Crippen LogP contribution in [-0.4, -0.2) is 61.0 Å². The molecule has 2 aliphatic rings. The van der Waals surface area contributed by atoms with Crippen LogP contribution in [0.2, 0.25) is 5.02 Å². The van der Waals surface area contributed by atoms with Crippen molar-refractivity contribution in [3.8, 4) is 23.1 Å². The number of hydrogen-bond donors (Lipinski definition) is 1. The molecule has 6 rings (SSSR count). The minimum absolute atomic E-state index is 0.0744. The number of anilines is 1. The summed E-state index contributed by atoms with van der Waals surface area (Å²) in [6, 6.07) is 8.82. The van der Waals surface area contributed by atoms with Gasteiger partial charge in [0.25, 0.3) is 0 Å². The molecule has 4 aromatic rings. The maximum atomic E-state index is 15.2. The van der Waals surface area contributed by atoms with E-state index in [0.717, 1.165) is 40.9 Å². The lowest BCUT2D eigenvalue weighted by Gasteiger charge is -2.29. The van der Waals surface area contributed by atoms with Crippen LogP contribution in [0.15, 0.2) is 24.3 Å². The highest BCUT2D eigenvalue weighted by molar-refractivity contribution is 7.23. The van der Waals surface area contributed by atoms with Gasteiger partial charge < -0.3 is 23.8 Å². The van der Waals surface area contributed by atoms with Gasteiger partial charge >= 0.3 is 6.09 Å². The molecule has 2 aromatic heterocycles. The number of rotatable bonds is 5. The summed E-state index contributed by atoms with van der Waals surface area (Å²) in [6.45, 7) is 8.47. The number of halogens is 2. The highest BCUT2D eigenvalue weighted by atomic mass is 35.5. The van der Waals surface area contributed by atoms with Gasteiger partial charge in [0, 0.05) is 35.5 Å². The number of morpholine rings is 1. The van der Waals surface area contributed by atoms with Crippen LogP contribution in [0.3, 0.4) is 0 Å². The Morgan fingerprint density at radius 2 is 2.07 bits per heavy atom. The molecular formula is C31H30ClFN4O5S. The molecule has 0 saturated carbocycles. The van der Waals surface area contributed by atoms with Crippen molar-refractivity contribution in [1.82, 2.24) is 9.88 Å². The third kappa shape index (κ3) is 5.73. The number of likely N-dealkylation sites (N-methyl/N-ethyl adjacent to an activating group) is 1. The summed E-state index contributed by atoms with van der Waals surface area (Å²) in [7, 11) is 2.04. The van der Waals surface area contributed by atoms with E-state index in [1.165, 1.54) is 6.07 Å². The average molecular weight is 625 g/mol. The van der Waals surface area contributed by atoms with Crippen LogP contribution < -0.4 is 10.1 Å². The van der Waals surface area contributed by atoms with E-state index in [2.05, 4.69) is 16.3 Å². The van der Waals surface area contributed by atoms with E-state index in [1.54, 1.807) is 32.9 Å². The van der Waals surface area contributed by atoms with Crippen LogP contribution in [0.25, 0.3) is 32.1 Å². The van der Waals surface area contributed by atoms with E-state index in [-0.39, 0.29) is 21.4 Å². The van der Waals surface area contributed by atoms with Crippen LogP contribution in [0.4, 0.5) is 14.2 Å². The van der Waals surface area contributed by atoms with E-state index in [9.17, 15) is 10.1 Å². The first-order valence-corrected chi connectivity index (χ1v) is 15.0. The maximum absolute atomic E-state index is 15.2. The van der Waals surface area contributed by atoms with Crippen LogP contribution in [-0.2, 0) is 27.4 Å². The summed E-state index contributed by atoms with van der Waals surface area (Å²) < 4.78 is 38.5. The molecule has 1 fully saturated rings. The molecule has 224 valence electrons. The highest BCUT2D eigenvalue weighted by Gasteiger charge is 2.29. The molecule has 0 spiro atoms. The number of ether oxygens (including phenoxy) is 4. The van der Waals surface area contributed by atoms with Crippen molar-refractivity contribution < 1.29 is 28.1 Å². The van der Waals surface area contributed by atoms with Crippen molar-refractivity contribution in [3.63, 3.8) is 0 Å². The molecule has 1 saturated heterocycles. The Labute approximate surface area is 257 Å². The third-order valence-corrected chi connectivity index (χ3v) is 8.81. The number of carbonyl (C=O) groups excluding carboxylic acids is 1. The Bertz CT molecular complexity index is 1800. The number of aromatic nitrogens is 1. The van der Waals surface area contributed by atoms with Crippen molar-refractivity contribution in [2.24, 2.45) is 0 Å². The number of nitrogens with one attached hydrogen (secondary N) is 1. The van der Waals surface area contributed by atoms with E-state index in [4.69, 9.17) is 35.5 Å². The van der Waals surface area contributed by atoms with Crippen LogP contribution >= 0.6 is 22.9 Å². The summed E-state index contributed by atoms with van der Waals surface area (Å²) in [5.41, 5.74) is 2.79. The Hall–Kier alpha value is -3.53. The van der Waals surface area contributed by atoms with Crippen LogP contribution in [0, 0.1) is 17.1 Å². The summed E-state index contributed by atoms with van der Waals surface area (Å²) in [4.78, 5) is 19.5. The fourth-order valence-electron chi connectivity index (χ4n) is 5.47. The summed E-state index contributed by atoms with van der Waals surface area (Å²) in [5.74, 6) is -0.121. The lowest BCUT2D eigenvalue weighted by molar-refractivity contribution is -0.0409. The number of amides is 1. The molecule has 0 radical (unpaired) electrons. The molecule has 0 aliphatic carbocycles. The lowest BCUT2D eigenvalue weighted by Crippen LogP contribution is -2.42. The summed E-state index contributed by atoms with van der Waals surface area (Å²) >= 11 is 8.10. The Morgan fingerprint density at radius 3 is 2.81 bits per heavy atom. The van der Waals surface area contributed by atoms with E-state index < -0.39 is 17.5 Å². The minimum Gasteiger partial charge on any atom is -0.475 e. The molecule has 9 nitrogen and oxygen atoms in total. The Kier molecular flexibility index (Phi) is 7.91. The second kappa shape index (κ2) is 11.5. The normalized spacial score (nSPS) is 17.2. The van der Waals surface area contributed by atoms with Gasteiger partial charge in [-0.05, 0) is 56.6 Å². The molecule has 1 amide bonds. The van der Waals surface area contributed by atoms with Gasteiger partial charge in [-0.3, -0.25) is 5.32 Å². The van der Waals surface area contributed by atoms with Gasteiger partial charge in [-0.25, -0.2) is 14.2 Å². The predicted octanol–water partition coefficient (Wildman–Crippen LogP) is 6.87. The number of hydrogen-bond acceptors (Lipinski definition) is 9. The first-order valence-electron chi connectivity index (χ1n) is 13.8. The van der Waals surface area contributed by atoms with Gasteiger partial charge in [0.1, 0.15) is 35.2 Å². The number of nitrogens with zero attached hydrogens (tertiary/aromatic N) is 3.